The van der Waals surface area contributed by atoms with Gasteiger partial charge in [-0.25, -0.2) is 0 Å². The summed E-state index contributed by atoms with van der Waals surface area (Å²) in [5, 5.41) is 11.0. The van der Waals surface area contributed by atoms with E-state index in [1.165, 1.54) is 18.6 Å². The zero-order valence-electron chi connectivity index (χ0n) is 12.6. The van der Waals surface area contributed by atoms with Gasteiger partial charge in [-0.3, -0.25) is 0 Å². The molecule has 116 valence electrons. The van der Waals surface area contributed by atoms with Crippen LogP contribution in [0.1, 0.15) is 51.9 Å². The van der Waals surface area contributed by atoms with Crippen LogP contribution in [0.2, 0.25) is 0 Å². The van der Waals surface area contributed by atoms with Crippen molar-refractivity contribution in [2.24, 2.45) is 5.92 Å². The topological polar surface area (TPSA) is 38.7 Å². The molecule has 3 rings (SSSR count). The second kappa shape index (κ2) is 6.15. The van der Waals surface area contributed by atoms with Gasteiger partial charge in [-0.05, 0) is 50.7 Å². The summed E-state index contributed by atoms with van der Waals surface area (Å²) in [6.45, 7) is 3.57. The van der Waals surface area contributed by atoms with E-state index in [0.29, 0.717) is 12.5 Å². The van der Waals surface area contributed by atoms with Gasteiger partial charge in [0.1, 0.15) is 0 Å². The molecule has 2 heterocycles. The molecule has 1 spiro atoms. The molecule has 0 aromatic heterocycles. The average molecular weight is 300 g/mol. The van der Waals surface area contributed by atoms with Crippen LogP contribution >= 0.6 is 11.8 Å². The monoisotopic (exact) mass is 300 g/mol. The molecule has 2 saturated heterocycles. The molecule has 1 saturated carbocycles. The molecule has 0 radical (unpaired) electrons. The van der Waals surface area contributed by atoms with Crippen molar-refractivity contribution < 1.29 is 14.6 Å². The smallest absolute Gasteiger partial charge is 0.0942 e. The normalized spacial score (nSPS) is 38.4. The van der Waals surface area contributed by atoms with Crippen LogP contribution in [0, 0.1) is 5.92 Å². The number of hydrogen-bond acceptors (Lipinski definition) is 4. The number of thioether (sulfide) groups is 1. The zero-order chi connectivity index (χ0) is 14.1. The Morgan fingerprint density at radius 3 is 2.80 bits per heavy atom. The average Bonchev–Trinajstić information content (AvgIpc) is 3.10. The summed E-state index contributed by atoms with van der Waals surface area (Å²) < 4.78 is 12.2. The van der Waals surface area contributed by atoms with E-state index >= 15 is 0 Å². The first-order valence-corrected chi connectivity index (χ1v) is 9.39. The highest BCUT2D eigenvalue weighted by Gasteiger charge is 2.49. The Morgan fingerprint density at radius 1 is 1.35 bits per heavy atom. The minimum absolute atomic E-state index is 0.0561. The Morgan fingerprint density at radius 2 is 2.15 bits per heavy atom. The lowest BCUT2D eigenvalue weighted by Crippen LogP contribution is -2.51. The first-order chi connectivity index (χ1) is 9.70. The Hall–Kier alpha value is 0.230. The fraction of sp³-hybridized carbons (Fsp3) is 1.00. The molecule has 3 fully saturated rings. The van der Waals surface area contributed by atoms with Gasteiger partial charge in [-0.15, -0.1) is 0 Å². The van der Waals surface area contributed by atoms with E-state index in [-0.39, 0.29) is 17.3 Å². The van der Waals surface area contributed by atoms with Gasteiger partial charge in [-0.2, -0.15) is 11.8 Å². The number of aliphatic hydroxyl groups excluding tert-OH is 1. The quantitative estimate of drug-likeness (QED) is 0.866. The second-order valence-corrected chi connectivity index (χ2v) is 7.84. The minimum atomic E-state index is -0.309. The molecule has 1 aliphatic carbocycles. The molecular weight excluding hydrogens is 272 g/mol. The van der Waals surface area contributed by atoms with Gasteiger partial charge in [-0.1, -0.05) is 12.8 Å². The Labute approximate surface area is 126 Å². The molecule has 2 aliphatic heterocycles. The summed E-state index contributed by atoms with van der Waals surface area (Å²) >= 11 is 2.00. The fourth-order valence-electron chi connectivity index (χ4n) is 4.41. The van der Waals surface area contributed by atoms with E-state index in [1.807, 2.05) is 18.7 Å². The Kier molecular flexibility index (Phi) is 4.66. The van der Waals surface area contributed by atoms with Crippen molar-refractivity contribution in [2.75, 3.05) is 24.7 Å². The van der Waals surface area contributed by atoms with Gasteiger partial charge < -0.3 is 14.6 Å². The highest BCUT2D eigenvalue weighted by atomic mass is 32.2. The maximum Gasteiger partial charge on any atom is 0.0942 e. The third-order valence-electron chi connectivity index (χ3n) is 5.47. The van der Waals surface area contributed by atoms with Crippen LogP contribution in [-0.4, -0.2) is 47.1 Å². The van der Waals surface area contributed by atoms with Gasteiger partial charge in [0.25, 0.3) is 0 Å². The first-order valence-electron chi connectivity index (χ1n) is 8.23. The summed E-state index contributed by atoms with van der Waals surface area (Å²) in [5.74, 6) is 2.67. The number of ether oxygens (including phenoxy) is 2. The highest BCUT2D eigenvalue weighted by molar-refractivity contribution is 7.99. The highest BCUT2D eigenvalue weighted by Crippen LogP contribution is 2.46. The lowest BCUT2D eigenvalue weighted by atomic mass is 9.76. The first kappa shape index (κ1) is 15.1. The number of hydrogen-bond donors (Lipinski definition) is 1. The van der Waals surface area contributed by atoms with Crippen LogP contribution < -0.4 is 0 Å². The van der Waals surface area contributed by atoms with E-state index in [9.17, 15) is 5.11 Å². The van der Waals surface area contributed by atoms with Crippen LogP contribution in [0.25, 0.3) is 0 Å². The predicted octanol–water partition coefficient (Wildman–Crippen LogP) is 3.00. The van der Waals surface area contributed by atoms with Crippen LogP contribution in [0.5, 0.6) is 0 Å². The van der Waals surface area contributed by atoms with Gasteiger partial charge >= 0.3 is 0 Å². The lowest BCUT2D eigenvalue weighted by Gasteiger charge is -2.44. The molecule has 0 aromatic carbocycles. The minimum Gasteiger partial charge on any atom is -0.390 e. The zero-order valence-corrected chi connectivity index (χ0v) is 13.4. The molecule has 3 nitrogen and oxygen atoms in total. The molecule has 3 aliphatic rings. The summed E-state index contributed by atoms with van der Waals surface area (Å²) in [5.41, 5.74) is -0.204. The summed E-state index contributed by atoms with van der Waals surface area (Å²) in [4.78, 5) is 0. The SMILES string of the molecule is CCOC1(C(O)C2CCOC3(CCSC3)C2)CCCC1. The molecular formula is C16H28O3S. The van der Waals surface area contributed by atoms with Crippen molar-refractivity contribution in [2.45, 2.75) is 69.2 Å². The molecule has 20 heavy (non-hydrogen) atoms. The molecule has 1 N–H and O–H groups in total. The summed E-state index contributed by atoms with van der Waals surface area (Å²) in [6, 6.07) is 0. The van der Waals surface area contributed by atoms with Crippen LogP contribution in [-0.2, 0) is 9.47 Å². The van der Waals surface area contributed by atoms with Crippen molar-refractivity contribution >= 4 is 11.8 Å². The Balaban J connectivity index is 1.70. The van der Waals surface area contributed by atoms with Crippen molar-refractivity contribution in [1.82, 2.24) is 0 Å². The van der Waals surface area contributed by atoms with Crippen molar-refractivity contribution in [1.29, 1.82) is 0 Å². The molecule has 0 amide bonds. The van der Waals surface area contributed by atoms with Crippen molar-refractivity contribution in [3.63, 3.8) is 0 Å². The van der Waals surface area contributed by atoms with Gasteiger partial charge in [0.15, 0.2) is 0 Å². The van der Waals surface area contributed by atoms with E-state index in [1.54, 1.807) is 0 Å². The molecule has 3 unspecified atom stereocenters. The standard InChI is InChI=1S/C16H28O3S/c1-2-18-16(6-3-4-7-16)14(17)13-5-9-19-15(11-13)8-10-20-12-15/h13-14,17H,2-12H2,1H3. The maximum absolute atomic E-state index is 11.0. The van der Waals surface area contributed by atoms with Crippen LogP contribution in [0.3, 0.4) is 0 Å². The van der Waals surface area contributed by atoms with E-state index in [0.717, 1.165) is 44.5 Å². The molecule has 4 heteroatoms. The fourth-order valence-corrected chi connectivity index (χ4v) is 5.79. The van der Waals surface area contributed by atoms with Crippen LogP contribution in [0.15, 0.2) is 0 Å². The van der Waals surface area contributed by atoms with Crippen molar-refractivity contribution in [3.05, 3.63) is 0 Å². The predicted molar refractivity (Wildman–Crippen MR) is 82.2 cm³/mol. The van der Waals surface area contributed by atoms with Crippen molar-refractivity contribution in [3.8, 4) is 0 Å². The lowest BCUT2D eigenvalue weighted by molar-refractivity contribution is -0.168. The van der Waals surface area contributed by atoms with Gasteiger partial charge in [0.05, 0.1) is 17.3 Å². The number of rotatable bonds is 4. The van der Waals surface area contributed by atoms with Crippen LogP contribution in [0.4, 0.5) is 0 Å². The van der Waals surface area contributed by atoms with Gasteiger partial charge in [0, 0.05) is 19.0 Å². The van der Waals surface area contributed by atoms with E-state index in [4.69, 9.17) is 9.47 Å². The molecule has 0 aromatic rings. The van der Waals surface area contributed by atoms with Gasteiger partial charge in [0.2, 0.25) is 0 Å². The molecule has 3 atom stereocenters. The third-order valence-corrected chi connectivity index (χ3v) is 6.69. The Bertz CT molecular complexity index is 322. The van der Waals surface area contributed by atoms with E-state index < -0.39 is 0 Å². The largest absolute Gasteiger partial charge is 0.390 e. The maximum atomic E-state index is 11.0. The molecule has 0 bridgehead atoms. The summed E-state index contributed by atoms with van der Waals surface area (Å²) in [7, 11) is 0. The summed E-state index contributed by atoms with van der Waals surface area (Å²) in [6.07, 6.45) is 7.31. The second-order valence-electron chi connectivity index (χ2n) is 6.74. The number of aliphatic hydroxyl groups is 1. The third kappa shape index (κ3) is 2.77. The van der Waals surface area contributed by atoms with E-state index in [2.05, 4.69) is 0 Å².